The first kappa shape index (κ1) is 8.97. The van der Waals surface area contributed by atoms with E-state index in [1.807, 2.05) is 13.0 Å². The number of nitrogens with one attached hydrogen (secondary N) is 1. The summed E-state index contributed by atoms with van der Waals surface area (Å²) < 4.78 is 0. The van der Waals surface area contributed by atoms with Crippen LogP contribution in [0.25, 0.3) is 0 Å². The molecule has 12 heavy (non-hydrogen) atoms. The van der Waals surface area contributed by atoms with Gasteiger partial charge in [-0.3, -0.25) is 0 Å². The highest BCUT2D eigenvalue weighted by Crippen LogP contribution is 2.18. The van der Waals surface area contributed by atoms with Crippen LogP contribution in [0.2, 0.25) is 0 Å². The molecule has 3 heteroatoms. The SMILES string of the molecule is Cc1cc(C(C)(C)C)[nH]c(=O)n1. The van der Waals surface area contributed by atoms with Gasteiger partial charge in [0.15, 0.2) is 0 Å². The largest absolute Gasteiger partial charge is 0.345 e. The third kappa shape index (κ3) is 1.94. The second-order valence-corrected chi connectivity index (χ2v) is 3.99. The Morgan fingerprint density at radius 3 is 2.42 bits per heavy atom. The molecule has 0 unspecified atom stereocenters. The van der Waals surface area contributed by atoms with Crippen LogP contribution < -0.4 is 5.69 Å². The van der Waals surface area contributed by atoms with Crippen molar-refractivity contribution in [1.82, 2.24) is 9.97 Å². The highest BCUT2D eigenvalue weighted by molar-refractivity contribution is 5.14. The van der Waals surface area contributed by atoms with Crippen molar-refractivity contribution in [2.45, 2.75) is 33.1 Å². The van der Waals surface area contributed by atoms with E-state index in [4.69, 9.17) is 0 Å². The first-order valence-corrected chi connectivity index (χ1v) is 3.98. The summed E-state index contributed by atoms with van der Waals surface area (Å²) in [6.45, 7) is 7.98. The molecule has 1 rings (SSSR count). The molecule has 0 aromatic carbocycles. The standard InChI is InChI=1S/C9H14N2O/c1-6-5-7(9(2,3)4)11-8(12)10-6/h5H,1-4H3,(H,10,11,12). The monoisotopic (exact) mass is 166 g/mol. The molecule has 0 aliphatic carbocycles. The third-order valence-corrected chi connectivity index (χ3v) is 1.68. The van der Waals surface area contributed by atoms with E-state index in [0.717, 1.165) is 11.4 Å². The number of hydrogen-bond acceptors (Lipinski definition) is 2. The fraction of sp³-hybridized carbons (Fsp3) is 0.556. The Morgan fingerprint density at radius 1 is 1.42 bits per heavy atom. The summed E-state index contributed by atoms with van der Waals surface area (Å²) in [5, 5.41) is 0. The molecule has 0 bridgehead atoms. The van der Waals surface area contributed by atoms with Gasteiger partial charge in [0.1, 0.15) is 0 Å². The molecular formula is C9H14N2O. The van der Waals surface area contributed by atoms with Crippen LogP contribution in [0.4, 0.5) is 0 Å². The minimum absolute atomic E-state index is 0.0210. The van der Waals surface area contributed by atoms with Crippen LogP contribution in [0.1, 0.15) is 32.2 Å². The van der Waals surface area contributed by atoms with Crippen molar-refractivity contribution in [2.75, 3.05) is 0 Å². The molecule has 66 valence electrons. The topological polar surface area (TPSA) is 45.8 Å². The predicted molar refractivity (Wildman–Crippen MR) is 48.3 cm³/mol. The van der Waals surface area contributed by atoms with Crippen LogP contribution in [0.5, 0.6) is 0 Å². The lowest BCUT2D eigenvalue weighted by Gasteiger charge is -2.17. The Labute approximate surface area is 71.9 Å². The number of hydrogen-bond donors (Lipinski definition) is 1. The number of aryl methyl sites for hydroxylation is 1. The summed E-state index contributed by atoms with van der Waals surface area (Å²) in [5.41, 5.74) is 1.41. The second-order valence-electron chi connectivity index (χ2n) is 3.99. The van der Waals surface area contributed by atoms with Gasteiger partial charge in [-0.05, 0) is 13.0 Å². The zero-order chi connectivity index (χ0) is 9.35. The van der Waals surface area contributed by atoms with E-state index in [-0.39, 0.29) is 11.1 Å². The van der Waals surface area contributed by atoms with Crippen LogP contribution in [0.3, 0.4) is 0 Å². The summed E-state index contributed by atoms with van der Waals surface area (Å²) in [6, 6.07) is 1.90. The summed E-state index contributed by atoms with van der Waals surface area (Å²) in [5.74, 6) is 0. The quantitative estimate of drug-likeness (QED) is 0.632. The average molecular weight is 166 g/mol. The highest BCUT2D eigenvalue weighted by atomic mass is 16.1. The molecule has 0 fully saturated rings. The lowest BCUT2D eigenvalue weighted by atomic mass is 9.92. The lowest BCUT2D eigenvalue weighted by molar-refractivity contribution is 0.562. The van der Waals surface area contributed by atoms with E-state index in [1.54, 1.807) is 0 Å². The van der Waals surface area contributed by atoms with Crippen molar-refractivity contribution in [2.24, 2.45) is 0 Å². The van der Waals surface area contributed by atoms with E-state index >= 15 is 0 Å². The number of aromatic nitrogens is 2. The minimum Gasteiger partial charge on any atom is -0.309 e. The smallest absolute Gasteiger partial charge is 0.309 e. The van der Waals surface area contributed by atoms with Gasteiger partial charge in [-0.15, -0.1) is 0 Å². The first-order valence-electron chi connectivity index (χ1n) is 3.98. The molecular weight excluding hydrogens is 152 g/mol. The van der Waals surface area contributed by atoms with E-state index in [9.17, 15) is 4.79 Å². The van der Waals surface area contributed by atoms with Crippen molar-refractivity contribution < 1.29 is 0 Å². The number of aromatic amines is 1. The Kier molecular flexibility index (Phi) is 2.04. The van der Waals surface area contributed by atoms with Gasteiger partial charge in [-0.1, -0.05) is 20.8 Å². The van der Waals surface area contributed by atoms with Crippen molar-refractivity contribution >= 4 is 0 Å². The molecule has 3 nitrogen and oxygen atoms in total. The Bertz CT molecular complexity index is 333. The molecule has 0 atom stereocenters. The molecule has 1 aromatic rings. The van der Waals surface area contributed by atoms with Crippen LogP contribution in [0, 0.1) is 6.92 Å². The predicted octanol–water partition coefficient (Wildman–Crippen LogP) is 1.38. The maximum atomic E-state index is 11.0. The first-order chi connectivity index (χ1) is 5.39. The van der Waals surface area contributed by atoms with Crippen molar-refractivity contribution in [3.63, 3.8) is 0 Å². The van der Waals surface area contributed by atoms with Crippen molar-refractivity contribution in [3.8, 4) is 0 Å². The van der Waals surface area contributed by atoms with Gasteiger partial charge < -0.3 is 4.98 Å². The zero-order valence-corrected chi connectivity index (χ0v) is 7.93. The van der Waals surface area contributed by atoms with Gasteiger partial charge in [-0.25, -0.2) is 4.79 Å². The van der Waals surface area contributed by atoms with E-state index < -0.39 is 0 Å². The second kappa shape index (κ2) is 2.73. The van der Waals surface area contributed by atoms with Crippen LogP contribution >= 0.6 is 0 Å². The van der Waals surface area contributed by atoms with Gasteiger partial charge in [0.2, 0.25) is 0 Å². The van der Waals surface area contributed by atoms with Gasteiger partial charge in [0.25, 0.3) is 0 Å². The Hall–Kier alpha value is -1.12. The molecule has 0 spiro atoms. The maximum Gasteiger partial charge on any atom is 0.345 e. The maximum absolute atomic E-state index is 11.0. The molecule has 0 saturated carbocycles. The molecule has 0 aliphatic rings. The molecule has 0 amide bonds. The fourth-order valence-electron chi connectivity index (χ4n) is 0.985. The van der Waals surface area contributed by atoms with Gasteiger partial charge >= 0.3 is 5.69 Å². The summed E-state index contributed by atoms with van der Waals surface area (Å²) >= 11 is 0. The number of H-pyrrole nitrogens is 1. The molecule has 1 aromatic heterocycles. The van der Waals surface area contributed by atoms with Gasteiger partial charge in [0.05, 0.1) is 0 Å². The van der Waals surface area contributed by atoms with Gasteiger partial charge in [-0.2, -0.15) is 4.98 Å². The third-order valence-electron chi connectivity index (χ3n) is 1.68. The summed E-state index contributed by atoms with van der Waals surface area (Å²) in [7, 11) is 0. The average Bonchev–Trinajstić information content (AvgIpc) is 1.82. The fourth-order valence-corrected chi connectivity index (χ4v) is 0.985. The molecule has 0 aliphatic heterocycles. The van der Waals surface area contributed by atoms with Crippen molar-refractivity contribution in [3.05, 3.63) is 27.9 Å². The van der Waals surface area contributed by atoms with Gasteiger partial charge in [0, 0.05) is 16.8 Å². The van der Waals surface area contributed by atoms with Crippen LogP contribution in [-0.2, 0) is 5.41 Å². The molecule has 1 heterocycles. The zero-order valence-electron chi connectivity index (χ0n) is 7.93. The van der Waals surface area contributed by atoms with E-state index in [1.165, 1.54) is 0 Å². The highest BCUT2D eigenvalue weighted by Gasteiger charge is 2.14. The number of rotatable bonds is 0. The minimum atomic E-state index is -0.264. The Balaban J connectivity index is 3.27. The van der Waals surface area contributed by atoms with Crippen molar-refractivity contribution in [1.29, 1.82) is 0 Å². The summed E-state index contributed by atoms with van der Waals surface area (Å²) in [4.78, 5) is 17.4. The lowest BCUT2D eigenvalue weighted by Crippen LogP contribution is -2.21. The molecule has 0 saturated heterocycles. The molecule has 0 radical (unpaired) electrons. The van der Waals surface area contributed by atoms with Crippen LogP contribution in [-0.4, -0.2) is 9.97 Å². The van der Waals surface area contributed by atoms with Crippen LogP contribution in [0.15, 0.2) is 10.9 Å². The number of nitrogens with zero attached hydrogens (tertiary/aromatic N) is 1. The van der Waals surface area contributed by atoms with E-state index in [2.05, 4.69) is 30.7 Å². The Morgan fingerprint density at radius 2 is 2.00 bits per heavy atom. The van der Waals surface area contributed by atoms with E-state index in [0.29, 0.717) is 0 Å². The molecule has 1 N–H and O–H groups in total. The normalized spacial score (nSPS) is 11.7. The summed E-state index contributed by atoms with van der Waals surface area (Å²) in [6.07, 6.45) is 0.